The average Bonchev–Trinajstić information content (AvgIpc) is 2.27. The second kappa shape index (κ2) is 7.96. The normalized spacial score (nSPS) is 10.2. The number of carbonyl (C=O) groups is 2. The van der Waals surface area contributed by atoms with E-state index in [0.717, 1.165) is 22.1 Å². The molecule has 1 aromatic carbocycles. The first-order chi connectivity index (χ1) is 8.82. The summed E-state index contributed by atoms with van der Waals surface area (Å²) in [5.74, 6) is 0.173. The van der Waals surface area contributed by atoms with Gasteiger partial charge in [0.2, 0.25) is 0 Å². The first-order valence-electron chi connectivity index (χ1n) is 5.47. The van der Waals surface area contributed by atoms with Gasteiger partial charge < -0.3 is 10.6 Å². The molecule has 0 bridgehead atoms. The van der Waals surface area contributed by atoms with Crippen LogP contribution in [0.15, 0.2) is 6.07 Å². The zero-order valence-electron chi connectivity index (χ0n) is 10.4. The van der Waals surface area contributed by atoms with Crippen molar-refractivity contribution in [3.05, 3.63) is 16.8 Å². The van der Waals surface area contributed by atoms with Gasteiger partial charge in [-0.25, -0.2) is 0 Å². The highest BCUT2D eigenvalue weighted by Gasteiger charge is 2.14. The van der Waals surface area contributed by atoms with Crippen LogP contribution in [0.2, 0.25) is 0 Å². The number of carbonyl (C=O) groups excluding carboxylic acids is 2. The molecule has 0 saturated heterocycles. The lowest BCUT2D eigenvalue weighted by Gasteiger charge is -2.16. The maximum atomic E-state index is 11.1. The van der Waals surface area contributed by atoms with Crippen molar-refractivity contribution in [1.29, 1.82) is 0 Å². The number of anilines is 2. The SMILES string of the molecule is CC(=O)CNc1c(I)cc(I)c(NCC(C)=O)c1I. The van der Waals surface area contributed by atoms with Gasteiger partial charge in [-0.05, 0) is 87.7 Å². The molecular formula is C12H13I3N2O2. The molecule has 0 fully saturated rings. The Balaban J connectivity index is 3.07. The van der Waals surface area contributed by atoms with Gasteiger partial charge in [-0.15, -0.1) is 0 Å². The third-order valence-electron chi connectivity index (χ3n) is 2.20. The fourth-order valence-corrected chi connectivity index (χ4v) is 5.47. The van der Waals surface area contributed by atoms with Crippen LogP contribution in [0.5, 0.6) is 0 Å². The molecule has 0 aliphatic rings. The lowest BCUT2D eigenvalue weighted by Crippen LogP contribution is -2.15. The van der Waals surface area contributed by atoms with Gasteiger partial charge in [-0.3, -0.25) is 9.59 Å². The zero-order valence-corrected chi connectivity index (χ0v) is 16.9. The van der Waals surface area contributed by atoms with Crippen molar-refractivity contribution in [1.82, 2.24) is 0 Å². The predicted molar refractivity (Wildman–Crippen MR) is 103 cm³/mol. The van der Waals surface area contributed by atoms with Crippen LogP contribution in [0.1, 0.15) is 13.8 Å². The van der Waals surface area contributed by atoms with E-state index < -0.39 is 0 Å². The molecule has 104 valence electrons. The number of hydrogen-bond acceptors (Lipinski definition) is 4. The molecule has 0 spiro atoms. The average molecular weight is 598 g/mol. The number of halogens is 3. The van der Waals surface area contributed by atoms with Gasteiger partial charge in [-0.2, -0.15) is 0 Å². The monoisotopic (exact) mass is 598 g/mol. The van der Waals surface area contributed by atoms with Gasteiger partial charge in [0, 0.05) is 7.14 Å². The van der Waals surface area contributed by atoms with E-state index in [-0.39, 0.29) is 11.6 Å². The third kappa shape index (κ3) is 5.33. The molecule has 0 amide bonds. The largest absolute Gasteiger partial charge is 0.376 e. The summed E-state index contributed by atoms with van der Waals surface area (Å²) >= 11 is 6.71. The molecule has 0 aliphatic carbocycles. The van der Waals surface area contributed by atoms with E-state index in [1.807, 2.05) is 6.07 Å². The standard InChI is InChI=1S/C12H13I3N2O2/c1-6(18)4-16-11-8(13)3-9(14)12(10(11)15)17-5-7(2)19/h3,16-17H,4-5H2,1-2H3. The molecule has 1 rings (SSSR count). The van der Waals surface area contributed by atoms with E-state index in [1.165, 1.54) is 0 Å². The Labute approximate surface area is 153 Å². The first kappa shape index (κ1) is 17.4. The van der Waals surface area contributed by atoms with Crippen molar-refractivity contribution in [2.75, 3.05) is 23.7 Å². The Bertz CT molecular complexity index is 476. The third-order valence-corrected chi connectivity index (χ3v) is 4.98. The molecule has 0 radical (unpaired) electrons. The molecule has 7 heteroatoms. The van der Waals surface area contributed by atoms with E-state index in [0.29, 0.717) is 13.1 Å². The van der Waals surface area contributed by atoms with E-state index in [9.17, 15) is 9.59 Å². The molecular weight excluding hydrogens is 585 g/mol. The molecule has 0 atom stereocenters. The zero-order chi connectivity index (χ0) is 14.6. The van der Waals surface area contributed by atoms with Crippen molar-refractivity contribution in [3.8, 4) is 0 Å². The molecule has 0 heterocycles. The Kier molecular flexibility index (Phi) is 7.29. The van der Waals surface area contributed by atoms with Gasteiger partial charge >= 0.3 is 0 Å². The quantitative estimate of drug-likeness (QED) is 0.493. The smallest absolute Gasteiger partial charge is 0.148 e. The molecule has 4 nitrogen and oxygen atoms in total. The van der Waals surface area contributed by atoms with Crippen LogP contribution in [-0.2, 0) is 9.59 Å². The van der Waals surface area contributed by atoms with Crippen LogP contribution < -0.4 is 10.6 Å². The number of rotatable bonds is 6. The van der Waals surface area contributed by atoms with Gasteiger partial charge in [0.1, 0.15) is 11.6 Å². The molecule has 0 unspecified atom stereocenters. The Morgan fingerprint density at radius 2 is 1.32 bits per heavy atom. The number of hydrogen-bond donors (Lipinski definition) is 2. The number of Topliss-reactive ketones (excluding diaryl/α,β-unsaturated/α-hetero) is 2. The van der Waals surface area contributed by atoms with Gasteiger partial charge in [-0.1, -0.05) is 0 Å². The fourth-order valence-electron chi connectivity index (χ4n) is 1.34. The summed E-state index contributed by atoms with van der Waals surface area (Å²) in [6, 6.07) is 2.02. The number of benzene rings is 1. The van der Waals surface area contributed by atoms with Crippen molar-refractivity contribution >= 4 is 90.7 Å². The highest BCUT2D eigenvalue weighted by molar-refractivity contribution is 14.1. The first-order valence-corrected chi connectivity index (χ1v) is 8.70. The summed E-state index contributed by atoms with van der Waals surface area (Å²) < 4.78 is 3.11. The van der Waals surface area contributed by atoms with Crippen LogP contribution in [-0.4, -0.2) is 24.7 Å². The maximum absolute atomic E-state index is 11.1. The van der Waals surface area contributed by atoms with Crippen LogP contribution in [0.25, 0.3) is 0 Å². The van der Waals surface area contributed by atoms with Gasteiger partial charge in [0.05, 0.1) is 28.0 Å². The molecule has 0 aliphatic heterocycles. The van der Waals surface area contributed by atoms with Crippen molar-refractivity contribution in [3.63, 3.8) is 0 Å². The Morgan fingerprint density at radius 3 is 1.63 bits per heavy atom. The minimum absolute atomic E-state index is 0.0865. The van der Waals surface area contributed by atoms with Gasteiger partial charge in [0.25, 0.3) is 0 Å². The summed E-state index contributed by atoms with van der Waals surface area (Å²) in [7, 11) is 0. The van der Waals surface area contributed by atoms with Crippen LogP contribution >= 0.6 is 67.8 Å². The summed E-state index contributed by atoms with van der Waals surface area (Å²) in [5, 5.41) is 6.29. The molecule has 1 aromatic rings. The predicted octanol–water partition coefficient (Wildman–Crippen LogP) is 3.50. The second-order valence-electron chi connectivity index (χ2n) is 4.02. The van der Waals surface area contributed by atoms with E-state index in [4.69, 9.17) is 0 Å². The van der Waals surface area contributed by atoms with Gasteiger partial charge in [0.15, 0.2) is 0 Å². The summed E-state index contributed by atoms with van der Waals surface area (Å²) in [4.78, 5) is 22.2. The van der Waals surface area contributed by atoms with E-state index in [1.54, 1.807) is 13.8 Å². The van der Waals surface area contributed by atoms with E-state index >= 15 is 0 Å². The highest BCUT2D eigenvalue weighted by atomic mass is 127. The van der Waals surface area contributed by atoms with Crippen molar-refractivity contribution < 1.29 is 9.59 Å². The Hall–Kier alpha value is 0.350. The topological polar surface area (TPSA) is 58.2 Å². The summed E-state index contributed by atoms with van der Waals surface area (Å²) in [6.45, 7) is 3.71. The number of ketones is 2. The minimum atomic E-state index is 0.0865. The lowest BCUT2D eigenvalue weighted by molar-refractivity contribution is -0.116. The van der Waals surface area contributed by atoms with Crippen LogP contribution in [0, 0.1) is 10.7 Å². The minimum Gasteiger partial charge on any atom is -0.376 e. The summed E-state index contributed by atoms with van der Waals surface area (Å²) in [6.07, 6.45) is 0. The van der Waals surface area contributed by atoms with Crippen LogP contribution in [0.3, 0.4) is 0 Å². The van der Waals surface area contributed by atoms with Crippen molar-refractivity contribution in [2.45, 2.75) is 13.8 Å². The highest BCUT2D eigenvalue weighted by Crippen LogP contribution is 2.35. The lowest BCUT2D eigenvalue weighted by atomic mass is 10.2. The number of nitrogens with one attached hydrogen (secondary N) is 2. The Morgan fingerprint density at radius 1 is 0.947 bits per heavy atom. The van der Waals surface area contributed by atoms with E-state index in [2.05, 4.69) is 78.4 Å². The molecule has 19 heavy (non-hydrogen) atoms. The fraction of sp³-hybridized carbons (Fsp3) is 0.333. The summed E-state index contributed by atoms with van der Waals surface area (Å²) in [5.41, 5.74) is 1.87. The van der Waals surface area contributed by atoms with Crippen LogP contribution in [0.4, 0.5) is 11.4 Å². The molecule has 2 N–H and O–H groups in total. The maximum Gasteiger partial charge on any atom is 0.148 e. The molecule has 0 aromatic heterocycles. The van der Waals surface area contributed by atoms with Crippen molar-refractivity contribution in [2.24, 2.45) is 0 Å². The molecule has 0 saturated carbocycles. The second-order valence-corrected chi connectivity index (χ2v) is 7.42.